The first kappa shape index (κ1) is 64.7. The maximum absolute atomic E-state index is 13.1. The van der Waals surface area contributed by atoms with Crippen LogP contribution >= 0.6 is 0 Å². The lowest BCUT2D eigenvalue weighted by Gasteiger charge is -2.40. The van der Waals surface area contributed by atoms with E-state index in [1.54, 1.807) is 0 Å². The Morgan fingerprint density at radius 3 is 1.46 bits per heavy atom. The maximum Gasteiger partial charge on any atom is 0.335 e. The molecule has 6 atom stereocenters. The van der Waals surface area contributed by atoms with Crippen LogP contribution < -0.4 is 0 Å². The molecule has 1 rings (SSSR count). The van der Waals surface area contributed by atoms with Crippen molar-refractivity contribution in [3.8, 4) is 0 Å². The van der Waals surface area contributed by atoms with Crippen LogP contribution in [0.1, 0.15) is 201 Å². The van der Waals surface area contributed by atoms with Crippen LogP contribution in [0.2, 0.25) is 0 Å². The minimum atomic E-state index is -1.93. The molecule has 12 nitrogen and oxygen atoms in total. The van der Waals surface area contributed by atoms with E-state index in [2.05, 4.69) is 106 Å². The molecule has 0 spiro atoms. The van der Waals surface area contributed by atoms with Gasteiger partial charge in [-0.2, -0.15) is 0 Å². The van der Waals surface area contributed by atoms with Crippen molar-refractivity contribution in [2.75, 3.05) is 13.2 Å². The third kappa shape index (κ3) is 37.1. The summed E-state index contributed by atoms with van der Waals surface area (Å²) in [7, 11) is 0. The maximum atomic E-state index is 13.1. The summed E-state index contributed by atoms with van der Waals surface area (Å²) in [4.78, 5) is 50.9. The lowest BCUT2D eigenvalue weighted by atomic mass is 9.98. The Hall–Kier alpha value is -4.36. The van der Waals surface area contributed by atoms with Crippen LogP contribution in [-0.4, -0.2) is 89.2 Å². The van der Waals surface area contributed by atoms with E-state index in [-0.39, 0.29) is 25.9 Å². The first-order valence-electron chi connectivity index (χ1n) is 27.2. The van der Waals surface area contributed by atoms with Crippen molar-refractivity contribution in [2.45, 2.75) is 237 Å². The first-order valence-corrected chi connectivity index (χ1v) is 27.2. The Labute approximate surface area is 428 Å². The molecule has 0 aromatic rings. The van der Waals surface area contributed by atoms with E-state index >= 15 is 0 Å². The molecule has 0 aromatic heterocycles. The summed E-state index contributed by atoms with van der Waals surface area (Å²) in [6.07, 6.45) is 48.2. The minimum absolute atomic E-state index is 0.0242. The highest BCUT2D eigenvalue weighted by Crippen LogP contribution is 2.26. The molecular formula is C59H94O12. The Balaban J connectivity index is 2.76. The van der Waals surface area contributed by atoms with Crippen molar-refractivity contribution in [3.63, 3.8) is 0 Å². The SMILES string of the molecule is CC/C=C\C/C=C\C/C=C\C/C=C\C/C=C\CCCC(=O)OC1C(OCC(COC(=O)CCCCCCC/C=C\C/C=C\CCC)OC(=O)CCCCCCC/C=C\CCCC)OC(C(=O)O)C(O)C1O. The van der Waals surface area contributed by atoms with E-state index in [0.29, 0.717) is 25.7 Å². The molecule has 0 aliphatic carbocycles. The van der Waals surface area contributed by atoms with Crippen molar-refractivity contribution >= 4 is 23.9 Å². The molecule has 402 valence electrons. The molecule has 3 N–H and O–H groups in total. The summed E-state index contributed by atoms with van der Waals surface area (Å²) >= 11 is 0. The zero-order valence-corrected chi connectivity index (χ0v) is 43.9. The fraction of sp³-hybridized carbons (Fsp3) is 0.661. The quantitative estimate of drug-likeness (QED) is 0.0228. The molecule has 1 fully saturated rings. The van der Waals surface area contributed by atoms with Crippen molar-refractivity contribution in [3.05, 3.63) is 97.2 Å². The Morgan fingerprint density at radius 2 is 0.930 bits per heavy atom. The van der Waals surface area contributed by atoms with Gasteiger partial charge in [-0.3, -0.25) is 14.4 Å². The molecule has 0 amide bonds. The average molecular weight is 995 g/mol. The van der Waals surface area contributed by atoms with Crippen molar-refractivity contribution < 1.29 is 58.2 Å². The fourth-order valence-corrected chi connectivity index (χ4v) is 7.42. The molecule has 0 saturated carbocycles. The van der Waals surface area contributed by atoms with Gasteiger partial charge in [0.15, 0.2) is 24.6 Å². The number of rotatable bonds is 44. The van der Waals surface area contributed by atoms with Gasteiger partial charge in [-0.25, -0.2) is 4.79 Å². The lowest BCUT2D eigenvalue weighted by Crippen LogP contribution is -2.61. The van der Waals surface area contributed by atoms with Crippen molar-refractivity contribution in [1.29, 1.82) is 0 Å². The summed E-state index contributed by atoms with van der Waals surface area (Å²) in [5.41, 5.74) is 0. The Bertz CT molecular complexity index is 1610. The second-order valence-corrected chi connectivity index (χ2v) is 18.1. The number of aliphatic carboxylic acids is 1. The van der Waals surface area contributed by atoms with Crippen molar-refractivity contribution in [2.24, 2.45) is 0 Å². The molecule has 0 aromatic carbocycles. The van der Waals surface area contributed by atoms with E-state index in [0.717, 1.165) is 122 Å². The number of allylic oxidation sites excluding steroid dienone is 16. The van der Waals surface area contributed by atoms with Crippen LogP contribution in [0.4, 0.5) is 0 Å². The van der Waals surface area contributed by atoms with E-state index in [9.17, 15) is 34.5 Å². The third-order valence-electron chi connectivity index (χ3n) is 11.6. The molecule has 6 unspecified atom stereocenters. The molecular weight excluding hydrogens is 901 g/mol. The second kappa shape index (κ2) is 46.7. The van der Waals surface area contributed by atoms with Gasteiger partial charge in [0.1, 0.15) is 18.8 Å². The number of aliphatic hydroxyl groups excluding tert-OH is 2. The summed E-state index contributed by atoms with van der Waals surface area (Å²) < 4.78 is 28.2. The van der Waals surface area contributed by atoms with E-state index in [1.165, 1.54) is 12.8 Å². The van der Waals surface area contributed by atoms with Crippen LogP contribution in [-0.2, 0) is 42.9 Å². The monoisotopic (exact) mass is 995 g/mol. The predicted molar refractivity (Wildman–Crippen MR) is 284 cm³/mol. The summed E-state index contributed by atoms with van der Waals surface area (Å²) in [6, 6.07) is 0. The molecule has 0 radical (unpaired) electrons. The van der Waals surface area contributed by atoms with Crippen LogP contribution in [0.3, 0.4) is 0 Å². The summed E-state index contributed by atoms with van der Waals surface area (Å²) in [5, 5.41) is 31.4. The van der Waals surface area contributed by atoms with Gasteiger partial charge in [-0.1, -0.05) is 176 Å². The molecule has 1 heterocycles. The largest absolute Gasteiger partial charge is 0.479 e. The molecule has 1 aliphatic heterocycles. The van der Waals surface area contributed by atoms with Crippen LogP contribution in [0.25, 0.3) is 0 Å². The number of ether oxygens (including phenoxy) is 5. The number of hydrogen-bond acceptors (Lipinski definition) is 11. The number of esters is 3. The van der Waals surface area contributed by atoms with Gasteiger partial charge in [0.05, 0.1) is 6.61 Å². The third-order valence-corrected chi connectivity index (χ3v) is 11.6. The minimum Gasteiger partial charge on any atom is -0.479 e. The molecule has 71 heavy (non-hydrogen) atoms. The van der Waals surface area contributed by atoms with Gasteiger partial charge in [-0.05, 0) is 103 Å². The molecule has 12 heteroatoms. The van der Waals surface area contributed by atoms with Gasteiger partial charge >= 0.3 is 23.9 Å². The van der Waals surface area contributed by atoms with E-state index in [4.69, 9.17) is 23.7 Å². The standard InChI is InChI=1S/C59H94O12/c1-4-7-10-13-16-19-22-24-25-26-27-29-32-35-38-41-44-47-53(62)70-57-55(64)54(63)56(58(65)66)71-59(57)68-49-50(69-52(61)46-43-40-37-34-30-21-18-15-12-9-6-3)48-67-51(60)45-42-39-36-33-31-28-23-20-17-14-11-8-5-2/h7,10-11,14-16,18-20,23-25,27,29,35,38,50,54-57,59,63-64H,4-6,8-9,12-13,17,21-22,26,28,30-34,36-37,39-49H2,1-3H3,(H,65,66)/b10-7-,14-11-,18-15-,19-16-,23-20-,25-24-,29-27-,38-35-. The highest BCUT2D eigenvalue weighted by atomic mass is 16.7. The zero-order chi connectivity index (χ0) is 51.8. The zero-order valence-electron chi connectivity index (χ0n) is 43.9. The number of aliphatic hydroxyl groups is 2. The number of carboxylic acid groups (broad SMARTS) is 1. The molecule has 0 bridgehead atoms. The number of carbonyl (C=O) groups is 4. The average Bonchev–Trinajstić information content (AvgIpc) is 3.35. The number of carboxylic acids is 1. The summed E-state index contributed by atoms with van der Waals surface area (Å²) in [5.74, 6) is -3.24. The smallest absolute Gasteiger partial charge is 0.335 e. The highest BCUT2D eigenvalue weighted by molar-refractivity contribution is 5.74. The fourth-order valence-electron chi connectivity index (χ4n) is 7.42. The number of unbranched alkanes of at least 4 members (excludes halogenated alkanes) is 14. The Morgan fingerprint density at radius 1 is 0.479 bits per heavy atom. The number of hydrogen-bond donors (Lipinski definition) is 3. The second-order valence-electron chi connectivity index (χ2n) is 18.1. The Kier molecular flexibility index (Phi) is 42.5. The topological polar surface area (TPSA) is 175 Å². The van der Waals surface area contributed by atoms with E-state index < -0.39 is 67.3 Å². The van der Waals surface area contributed by atoms with Crippen LogP contribution in [0.5, 0.6) is 0 Å². The van der Waals surface area contributed by atoms with Crippen LogP contribution in [0, 0.1) is 0 Å². The van der Waals surface area contributed by atoms with Gasteiger partial charge in [0, 0.05) is 19.3 Å². The highest BCUT2D eigenvalue weighted by Gasteiger charge is 2.50. The lowest BCUT2D eigenvalue weighted by molar-refractivity contribution is -0.301. The molecule has 1 aliphatic rings. The van der Waals surface area contributed by atoms with Crippen molar-refractivity contribution in [1.82, 2.24) is 0 Å². The van der Waals surface area contributed by atoms with Gasteiger partial charge < -0.3 is 39.0 Å². The van der Waals surface area contributed by atoms with E-state index in [1.807, 2.05) is 12.2 Å². The van der Waals surface area contributed by atoms with Crippen LogP contribution in [0.15, 0.2) is 97.2 Å². The van der Waals surface area contributed by atoms with Gasteiger partial charge in [0.25, 0.3) is 0 Å². The normalized spacial score (nSPS) is 19.3. The van der Waals surface area contributed by atoms with Gasteiger partial charge in [0.2, 0.25) is 0 Å². The predicted octanol–water partition coefficient (Wildman–Crippen LogP) is 13.3. The molecule has 1 saturated heterocycles. The van der Waals surface area contributed by atoms with Gasteiger partial charge in [-0.15, -0.1) is 0 Å². The first-order chi connectivity index (χ1) is 34.6. The number of carbonyl (C=O) groups excluding carboxylic acids is 3. The summed E-state index contributed by atoms with van der Waals surface area (Å²) in [6.45, 7) is 5.70.